The highest BCUT2D eigenvalue weighted by molar-refractivity contribution is 5.80. The topological polar surface area (TPSA) is 76.8 Å². The van der Waals surface area contributed by atoms with Gasteiger partial charge in [-0.1, -0.05) is 0 Å². The Morgan fingerprint density at radius 2 is 2.13 bits per heavy atom. The minimum atomic E-state index is -0.865. The van der Waals surface area contributed by atoms with Gasteiger partial charge in [0, 0.05) is 18.7 Å². The van der Waals surface area contributed by atoms with Gasteiger partial charge in [0.25, 0.3) is 0 Å². The van der Waals surface area contributed by atoms with Crippen LogP contribution in [0, 0.1) is 11.3 Å². The van der Waals surface area contributed by atoms with Gasteiger partial charge in [0.05, 0.1) is 24.2 Å². The molecule has 1 aromatic carbocycles. The van der Waals surface area contributed by atoms with Crippen LogP contribution in [-0.4, -0.2) is 59.2 Å². The van der Waals surface area contributed by atoms with E-state index in [1.54, 1.807) is 23.1 Å². The maximum Gasteiger partial charge on any atom is 0.237 e. The molecule has 0 bridgehead atoms. The molecule has 2 aliphatic rings. The van der Waals surface area contributed by atoms with Gasteiger partial charge < -0.3 is 14.7 Å². The van der Waals surface area contributed by atoms with Crippen LogP contribution in [0.2, 0.25) is 0 Å². The summed E-state index contributed by atoms with van der Waals surface area (Å²) in [5.74, 6) is 0.602. The number of fused-ring (bicyclic) bond motifs is 1. The molecule has 0 spiro atoms. The predicted molar refractivity (Wildman–Crippen MR) is 83.8 cm³/mol. The Balaban J connectivity index is 2.07. The SMILES string of the molecule is CN1CCN(C2c3cc(C#N)ccc3OC(C)(C)[C@H]2O)C(=O)C1. The molecular weight excluding hydrogens is 294 g/mol. The molecule has 1 saturated heterocycles. The molecule has 1 unspecified atom stereocenters. The Kier molecular flexibility index (Phi) is 3.78. The van der Waals surface area contributed by atoms with Gasteiger partial charge in [0.2, 0.25) is 5.91 Å². The fourth-order valence-corrected chi connectivity index (χ4v) is 3.27. The number of nitrogens with zero attached hydrogens (tertiary/aromatic N) is 3. The molecule has 6 heteroatoms. The molecular formula is C17H21N3O3. The molecule has 0 saturated carbocycles. The second-order valence-corrected chi connectivity index (χ2v) is 6.78. The van der Waals surface area contributed by atoms with Gasteiger partial charge in [-0.2, -0.15) is 5.26 Å². The van der Waals surface area contributed by atoms with E-state index in [1.807, 2.05) is 25.8 Å². The van der Waals surface area contributed by atoms with Crippen LogP contribution in [-0.2, 0) is 4.79 Å². The van der Waals surface area contributed by atoms with Gasteiger partial charge in [-0.05, 0) is 39.1 Å². The number of rotatable bonds is 1. The molecule has 0 aromatic heterocycles. The molecule has 0 aliphatic carbocycles. The zero-order valence-corrected chi connectivity index (χ0v) is 13.6. The lowest BCUT2D eigenvalue weighted by molar-refractivity contribution is -0.149. The van der Waals surface area contributed by atoms with E-state index in [0.29, 0.717) is 30.0 Å². The molecule has 1 fully saturated rings. The number of piperazine rings is 1. The molecule has 1 N–H and O–H groups in total. The van der Waals surface area contributed by atoms with Gasteiger partial charge in [0.1, 0.15) is 17.5 Å². The first-order valence-electron chi connectivity index (χ1n) is 7.72. The van der Waals surface area contributed by atoms with Crippen LogP contribution in [0.4, 0.5) is 0 Å². The van der Waals surface area contributed by atoms with Crippen LogP contribution in [0.5, 0.6) is 5.75 Å². The van der Waals surface area contributed by atoms with E-state index in [9.17, 15) is 9.90 Å². The Bertz CT molecular complexity index is 680. The van der Waals surface area contributed by atoms with Gasteiger partial charge in [-0.25, -0.2) is 0 Å². The monoisotopic (exact) mass is 315 g/mol. The lowest BCUT2D eigenvalue weighted by Crippen LogP contribution is -2.58. The number of ether oxygens (including phenoxy) is 1. The predicted octanol–water partition coefficient (Wildman–Crippen LogP) is 0.905. The van der Waals surface area contributed by atoms with Gasteiger partial charge in [-0.3, -0.25) is 9.69 Å². The fourth-order valence-electron chi connectivity index (χ4n) is 3.27. The van der Waals surface area contributed by atoms with Crippen molar-refractivity contribution in [3.05, 3.63) is 29.3 Å². The van der Waals surface area contributed by atoms with Crippen LogP contribution in [0.15, 0.2) is 18.2 Å². The average Bonchev–Trinajstić information content (AvgIpc) is 2.49. The van der Waals surface area contributed by atoms with E-state index in [0.717, 1.165) is 6.54 Å². The second kappa shape index (κ2) is 5.52. The van der Waals surface area contributed by atoms with Crippen molar-refractivity contribution in [1.29, 1.82) is 5.26 Å². The van der Waals surface area contributed by atoms with E-state index in [2.05, 4.69) is 6.07 Å². The maximum absolute atomic E-state index is 12.5. The highest BCUT2D eigenvalue weighted by Crippen LogP contribution is 2.43. The molecule has 2 aliphatic heterocycles. The van der Waals surface area contributed by atoms with E-state index in [4.69, 9.17) is 10.00 Å². The minimum Gasteiger partial charge on any atom is -0.485 e. The highest BCUT2D eigenvalue weighted by atomic mass is 16.5. The summed E-state index contributed by atoms with van der Waals surface area (Å²) in [5.41, 5.74) is 0.384. The standard InChI is InChI=1S/C17H21N3O3/c1-17(2)16(22)15(20-7-6-19(3)10-14(20)21)12-8-11(9-18)4-5-13(12)23-17/h4-5,8,15-16,22H,6-7,10H2,1-3H3/t15?,16-/m0/s1. The van der Waals surface area contributed by atoms with Crippen molar-refractivity contribution < 1.29 is 14.6 Å². The summed E-state index contributed by atoms with van der Waals surface area (Å²) >= 11 is 0. The lowest BCUT2D eigenvalue weighted by Gasteiger charge is -2.48. The van der Waals surface area contributed by atoms with Crippen LogP contribution in [0.1, 0.15) is 31.0 Å². The molecule has 0 radical (unpaired) electrons. The first kappa shape index (κ1) is 15.8. The van der Waals surface area contributed by atoms with E-state index in [1.165, 1.54) is 0 Å². The highest BCUT2D eigenvalue weighted by Gasteiger charge is 2.47. The van der Waals surface area contributed by atoms with Gasteiger partial charge in [-0.15, -0.1) is 0 Å². The first-order valence-corrected chi connectivity index (χ1v) is 7.72. The number of benzene rings is 1. The average molecular weight is 315 g/mol. The summed E-state index contributed by atoms with van der Waals surface area (Å²) in [6.07, 6.45) is -0.865. The van der Waals surface area contributed by atoms with Crippen molar-refractivity contribution in [3.8, 4) is 11.8 Å². The summed E-state index contributed by atoms with van der Waals surface area (Å²) in [5, 5.41) is 20.0. The summed E-state index contributed by atoms with van der Waals surface area (Å²) in [7, 11) is 1.90. The lowest BCUT2D eigenvalue weighted by atomic mass is 9.84. The normalized spacial score (nSPS) is 27.1. The molecule has 3 rings (SSSR count). The Morgan fingerprint density at radius 3 is 2.78 bits per heavy atom. The second-order valence-electron chi connectivity index (χ2n) is 6.78. The summed E-state index contributed by atoms with van der Waals surface area (Å²) in [6, 6.07) is 6.76. The van der Waals surface area contributed by atoms with E-state index >= 15 is 0 Å². The maximum atomic E-state index is 12.5. The van der Waals surface area contributed by atoms with Crippen molar-refractivity contribution in [2.45, 2.75) is 31.6 Å². The van der Waals surface area contributed by atoms with Crippen molar-refractivity contribution in [2.75, 3.05) is 26.7 Å². The molecule has 1 aromatic rings. The number of aliphatic hydroxyl groups is 1. The number of carbonyl (C=O) groups is 1. The van der Waals surface area contributed by atoms with Crippen molar-refractivity contribution >= 4 is 5.91 Å². The van der Waals surface area contributed by atoms with E-state index < -0.39 is 17.7 Å². The summed E-state index contributed by atoms with van der Waals surface area (Å²) in [4.78, 5) is 16.2. The molecule has 2 atom stereocenters. The number of carbonyl (C=O) groups excluding carboxylic acids is 1. The largest absolute Gasteiger partial charge is 0.485 e. The molecule has 1 amide bonds. The van der Waals surface area contributed by atoms with Crippen LogP contribution >= 0.6 is 0 Å². The summed E-state index contributed by atoms with van der Waals surface area (Å²) in [6.45, 7) is 5.25. The zero-order chi connectivity index (χ0) is 16.8. The Hall–Kier alpha value is -2.10. The molecule has 23 heavy (non-hydrogen) atoms. The van der Waals surface area contributed by atoms with Crippen molar-refractivity contribution in [2.24, 2.45) is 0 Å². The number of amides is 1. The number of hydrogen-bond donors (Lipinski definition) is 1. The number of hydrogen-bond acceptors (Lipinski definition) is 5. The molecule has 122 valence electrons. The van der Waals surface area contributed by atoms with Crippen LogP contribution < -0.4 is 4.74 Å². The summed E-state index contributed by atoms with van der Waals surface area (Å²) < 4.78 is 5.90. The molecule has 2 heterocycles. The number of aliphatic hydroxyl groups excluding tert-OH is 1. The Morgan fingerprint density at radius 1 is 1.39 bits per heavy atom. The number of likely N-dealkylation sites (N-methyl/N-ethyl adjacent to an activating group) is 1. The zero-order valence-electron chi connectivity index (χ0n) is 13.6. The van der Waals surface area contributed by atoms with Crippen molar-refractivity contribution in [3.63, 3.8) is 0 Å². The van der Waals surface area contributed by atoms with Gasteiger partial charge >= 0.3 is 0 Å². The smallest absolute Gasteiger partial charge is 0.237 e. The van der Waals surface area contributed by atoms with Crippen molar-refractivity contribution in [1.82, 2.24) is 9.80 Å². The third kappa shape index (κ3) is 2.67. The third-order valence-corrected chi connectivity index (χ3v) is 4.63. The number of nitriles is 1. The van der Waals surface area contributed by atoms with Crippen LogP contribution in [0.3, 0.4) is 0 Å². The minimum absolute atomic E-state index is 0.0196. The third-order valence-electron chi connectivity index (χ3n) is 4.63. The van der Waals surface area contributed by atoms with E-state index in [-0.39, 0.29) is 5.91 Å². The first-order chi connectivity index (χ1) is 10.8. The van der Waals surface area contributed by atoms with Crippen LogP contribution in [0.25, 0.3) is 0 Å². The van der Waals surface area contributed by atoms with Gasteiger partial charge in [0.15, 0.2) is 0 Å². The fraction of sp³-hybridized carbons (Fsp3) is 0.529. The molecule has 6 nitrogen and oxygen atoms in total. The Labute approximate surface area is 135 Å². The quantitative estimate of drug-likeness (QED) is 0.833.